The first kappa shape index (κ1) is 14.6. The summed E-state index contributed by atoms with van der Waals surface area (Å²) in [6, 6.07) is 0. The monoisotopic (exact) mass is 215 g/mol. The minimum absolute atomic E-state index is 0.0470. The van der Waals surface area contributed by atoms with Crippen LogP contribution in [0.5, 0.6) is 0 Å². The Kier molecular flexibility index (Phi) is 11.4. The number of hydrogen-bond donors (Lipinski definition) is 1. The molecule has 90 valence electrons. The van der Waals surface area contributed by atoms with Gasteiger partial charge in [-0.1, -0.05) is 12.2 Å². The van der Waals surface area contributed by atoms with E-state index in [0.29, 0.717) is 13.2 Å². The van der Waals surface area contributed by atoms with E-state index in [2.05, 4.69) is 17.5 Å². The largest absolute Gasteiger partial charge is 0.353 e. The SMILES string of the molecule is C/C=C/CCNCCC(OCC)OCC. The Balaban J connectivity index is 3.35. The molecule has 0 aromatic carbocycles. The van der Waals surface area contributed by atoms with Crippen molar-refractivity contribution in [1.29, 1.82) is 0 Å². The third kappa shape index (κ3) is 9.91. The molecule has 0 aliphatic carbocycles. The summed E-state index contributed by atoms with van der Waals surface area (Å²) in [5.74, 6) is 0. The lowest BCUT2D eigenvalue weighted by Gasteiger charge is -2.16. The molecule has 0 fully saturated rings. The summed E-state index contributed by atoms with van der Waals surface area (Å²) in [6.45, 7) is 9.42. The first-order valence-corrected chi connectivity index (χ1v) is 5.90. The molecule has 0 heterocycles. The van der Waals surface area contributed by atoms with Crippen LogP contribution in [0.15, 0.2) is 12.2 Å². The summed E-state index contributed by atoms with van der Waals surface area (Å²) >= 11 is 0. The van der Waals surface area contributed by atoms with Gasteiger partial charge in [-0.3, -0.25) is 0 Å². The Labute approximate surface area is 93.8 Å². The van der Waals surface area contributed by atoms with E-state index in [1.807, 2.05) is 20.8 Å². The first-order chi connectivity index (χ1) is 7.35. The van der Waals surface area contributed by atoms with Gasteiger partial charge in [0, 0.05) is 19.6 Å². The van der Waals surface area contributed by atoms with Gasteiger partial charge in [-0.15, -0.1) is 0 Å². The Morgan fingerprint density at radius 2 is 1.80 bits per heavy atom. The smallest absolute Gasteiger partial charge is 0.158 e. The lowest BCUT2D eigenvalue weighted by Crippen LogP contribution is -2.25. The summed E-state index contributed by atoms with van der Waals surface area (Å²) in [5, 5.41) is 3.36. The molecule has 0 rings (SSSR count). The number of rotatable bonds is 10. The first-order valence-electron chi connectivity index (χ1n) is 5.90. The summed E-state index contributed by atoms with van der Waals surface area (Å²) in [5.41, 5.74) is 0. The van der Waals surface area contributed by atoms with E-state index in [4.69, 9.17) is 9.47 Å². The van der Waals surface area contributed by atoms with Crippen molar-refractivity contribution in [2.24, 2.45) is 0 Å². The maximum Gasteiger partial charge on any atom is 0.158 e. The van der Waals surface area contributed by atoms with Crippen LogP contribution in [-0.2, 0) is 9.47 Å². The number of ether oxygens (including phenoxy) is 2. The molecule has 0 radical (unpaired) electrons. The van der Waals surface area contributed by atoms with Crippen molar-refractivity contribution in [3.8, 4) is 0 Å². The molecule has 0 spiro atoms. The van der Waals surface area contributed by atoms with Gasteiger partial charge in [-0.25, -0.2) is 0 Å². The zero-order chi connectivity index (χ0) is 11.4. The van der Waals surface area contributed by atoms with Gasteiger partial charge in [0.15, 0.2) is 6.29 Å². The molecule has 0 saturated heterocycles. The van der Waals surface area contributed by atoms with E-state index >= 15 is 0 Å². The van der Waals surface area contributed by atoms with Crippen molar-refractivity contribution in [3.05, 3.63) is 12.2 Å². The highest BCUT2D eigenvalue weighted by atomic mass is 16.7. The fraction of sp³-hybridized carbons (Fsp3) is 0.833. The van der Waals surface area contributed by atoms with Crippen LogP contribution in [0.2, 0.25) is 0 Å². The molecule has 1 N–H and O–H groups in total. The second-order valence-electron chi connectivity index (χ2n) is 3.24. The Morgan fingerprint density at radius 3 is 2.33 bits per heavy atom. The van der Waals surface area contributed by atoms with Gasteiger partial charge in [0.1, 0.15) is 0 Å². The number of hydrogen-bond acceptors (Lipinski definition) is 3. The van der Waals surface area contributed by atoms with Crippen LogP contribution in [-0.4, -0.2) is 32.6 Å². The van der Waals surface area contributed by atoms with Gasteiger partial charge in [0.25, 0.3) is 0 Å². The van der Waals surface area contributed by atoms with Crippen molar-refractivity contribution in [1.82, 2.24) is 5.32 Å². The molecule has 0 aromatic rings. The van der Waals surface area contributed by atoms with Crippen LogP contribution >= 0.6 is 0 Å². The predicted molar refractivity (Wildman–Crippen MR) is 64.0 cm³/mol. The molecule has 0 bridgehead atoms. The van der Waals surface area contributed by atoms with Crippen LogP contribution < -0.4 is 5.32 Å². The molecule has 0 aliphatic heterocycles. The third-order valence-corrected chi connectivity index (χ3v) is 1.99. The number of nitrogens with one attached hydrogen (secondary N) is 1. The summed E-state index contributed by atoms with van der Waals surface area (Å²) in [4.78, 5) is 0. The molecule has 0 unspecified atom stereocenters. The topological polar surface area (TPSA) is 30.5 Å². The quantitative estimate of drug-likeness (QED) is 0.345. The minimum atomic E-state index is -0.0470. The van der Waals surface area contributed by atoms with Gasteiger partial charge in [0.2, 0.25) is 0 Å². The van der Waals surface area contributed by atoms with Crippen LogP contribution in [0.25, 0.3) is 0 Å². The van der Waals surface area contributed by atoms with E-state index < -0.39 is 0 Å². The maximum atomic E-state index is 5.43. The van der Waals surface area contributed by atoms with Crippen molar-refractivity contribution < 1.29 is 9.47 Å². The Hall–Kier alpha value is -0.380. The molecule has 15 heavy (non-hydrogen) atoms. The van der Waals surface area contributed by atoms with E-state index in [9.17, 15) is 0 Å². The van der Waals surface area contributed by atoms with Gasteiger partial charge < -0.3 is 14.8 Å². The summed E-state index contributed by atoms with van der Waals surface area (Å²) < 4.78 is 10.9. The standard InChI is InChI=1S/C12H25NO2/c1-4-7-8-10-13-11-9-12(14-5-2)15-6-3/h4,7,12-13H,5-6,8-11H2,1-3H3/b7-4+. The lowest BCUT2D eigenvalue weighted by molar-refractivity contribution is -0.138. The predicted octanol–water partition coefficient (Wildman–Crippen LogP) is 2.33. The van der Waals surface area contributed by atoms with Crippen molar-refractivity contribution in [3.63, 3.8) is 0 Å². The molecule has 0 amide bonds. The molecule has 0 aliphatic rings. The van der Waals surface area contributed by atoms with Gasteiger partial charge in [-0.05, 0) is 40.3 Å². The summed E-state index contributed by atoms with van der Waals surface area (Å²) in [7, 11) is 0. The molecular formula is C12H25NO2. The molecule has 3 heteroatoms. The highest BCUT2D eigenvalue weighted by Crippen LogP contribution is 1.99. The molecule has 0 aromatic heterocycles. The Morgan fingerprint density at radius 1 is 1.13 bits per heavy atom. The van der Waals surface area contributed by atoms with Gasteiger partial charge >= 0.3 is 0 Å². The van der Waals surface area contributed by atoms with Crippen molar-refractivity contribution in [2.75, 3.05) is 26.3 Å². The van der Waals surface area contributed by atoms with Crippen LogP contribution in [0, 0.1) is 0 Å². The van der Waals surface area contributed by atoms with Crippen LogP contribution in [0.3, 0.4) is 0 Å². The van der Waals surface area contributed by atoms with E-state index in [1.54, 1.807) is 0 Å². The van der Waals surface area contributed by atoms with Crippen LogP contribution in [0.1, 0.15) is 33.6 Å². The average molecular weight is 215 g/mol. The molecule has 0 atom stereocenters. The fourth-order valence-electron chi connectivity index (χ4n) is 1.28. The highest BCUT2D eigenvalue weighted by molar-refractivity contribution is 4.77. The number of allylic oxidation sites excluding steroid dienone is 1. The lowest BCUT2D eigenvalue weighted by atomic mass is 10.3. The highest BCUT2D eigenvalue weighted by Gasteiger charge is 2.06. The fourth-order valence-corrected chi connectivity index (χ4v) is 1.28. The second-order valence-corrected chi connectivity index (χ2v) is 3.24. The van der Waals surface area contributed by atoms with Crippen molar-refractivity contribution in [2.45, 2.75) is 39.9 Å². The zero-order valence-corrected chi connectivity index (χ0v) is 10.3. The Bertz CT molecular complexity index is 143. The third-order valence-electron chi connectivity index (χ3n) is 1.99. The van der Waals surface area contributed by atoms with Crippen molar-refractivity contribution >= 4 is 0 Å². The molecule has 3 nitrogen and oxygen atoms in total. The van der Waals surface area contributed by atoms with E-state index in [-0.39, 0.29) is 6.29 Å². The maximum absolute atomic E-state index is 5.43. The van der Waals surface area contributed by atoms with E-state index in [0.717, 1.165) is 25.9 Å². The molecule has 0 saturated carbocycles. The van der Waals surface area contributed by atoms with E-state index in [1.165, 1.54) is 0 Å². The second kappa shape index (κ2) is 11.7. The summed E-state index contributed by atoms with van der Waals surface area (Å²) in [6.07, 6.45) is 6.19. The minimum Gasteiger partial charge on any atom is -0.353 e. The zero-order valence-electron chi connectivity index (χ0n) is 10.3. The normalized spacial score (nSPS) is 11.7. The molecular weight excluding hydrogens is 190 g/mol. The average Bonchev–Trinajstić information content (AvgIpc) is 2.24. The van der Waals surface area contributed by atoms with Crippen LogP contribution in [0.4, 0.5) is 0 Å². The van der Waals surface area contributed by atoms with Gasteiger partial charge in [-0.2, -0.15) is 0 Å². The van der Waals surface area contributed by atoms with Gasteiger partial charge in [0.05, 0.1) is 0 Å².